The maximum atomic E-state index is 9.45. The molecule has 9 nitrogen and oxygen atoms in total. The first kappa shape index (κ1) is 26.4. The van der Waals surface area contributed by atoms with Crippen molar-refractivity contribution < 1.29 is 62.1 Å². The summed E-state index contributed by atoms with van der Waals surface area (Å²) in [4.78, 5) is 28.1. The Morgan fingerprint density at radius 3 is 0.895 bits per heavy atom. The van der Waals surface area contributed by atoms with Crippen LogP contribution in [0.25, 0.3) is 0 Å². The summed E-state index contributed by atoms with van der Waals surface area (Å²) in [7, 11) is 0. The van der Waals surface area contributed by atoms with Crippen LogP contribution >= 0.6 is 0 Å². The van der Waals surface area contributed by atoms with Crippen molar-refractivity contribution in [3.8, 4) is 0 Å². The van der Waals surface area contributed by atoms with Gasteiger partial charge in [0.1, 0.15) is 6.10 Å². The van der Waals surface area contributed by atoms with E-state index < -0.39 is 36.2 Å². The van der Waals surface area contributed by atoms with Crippen molar-refractivity contribution in [2.24, 2.45) is 0 Å². The second-order valence-corrected chi connectivity index (χ2v) is 3.00. The van der Waals surface area contributed by atoms with Gasteiger partial charge in [0.05, 0.1) is 24.1 Å². The number of carbonyl (C=O) groups excluding carboxylic acids is 2. The van der Waals surface area contributed by atoms with Gasteiger partial charge < -0.3 is 40.2 Å². The van der Waals surface area contributed by atoms with Crippen molar-refractivity contribution in [2.75, 3.05) is 0 Å². The summed E-state index contributed by atoms with van der Waals surface area (Å²) in [5.74, 6) is -4.06. The molecule has 0 spiro atoms. The van der Waals surface area contributed by atoms with Gasteiger partial charge in [0.15, 0.2) is 0 Å². The van der Waals surface area contributed by atoms with E-state index in [1.165, 1.54) is 6.92 Å². The molecule has 19 heavy (non-hydrogen) atoms. The minimum Gasteiger partial charge on any atom is -0.547 e. The molecule has 4 N–H and O–H groups in total. The molecule has 0 saturated carbocycles. The monoisotopic (exact) mass is 331 g/mol. The summed E-state index contributed by atoms with van der Waals surface area (Å²) in [6, 6.07) is 0. The Labute approximate surface area is 120 Å². The predicted molar refractivity (Wildman–Crippen MR) is 52.7 cm³/mol. The summed E-state index contributed by atoms with van der Waals surface area (Å²) in [6.45, 7) is 3.47. The quantitative estimate of drug-likeness (QED) is 0.372. The molecule has 0 aliphatic carbocycles. The van der Waals surface area contributed by atoms with Crippen LogP contribution in [-0.2, 0) is 31.5 Å². The van der Waals surface area contributed by atoms with Crippen LogP contribution in [0.1, 0.15) is 20.8 Å². The minimum atomic E-state index is -1.44. The zero-order chi connectivity index (χ0) is 15.5. The normalized spacial score (nSPS) is 12.9. The Bertz CT molecular complexity index is 220. The number of hydrogen-bond donors (Lipinski definition) is 4. The van der Waals surface area contributed by atoms with Crippen LogP contribution in [0.15, 0.2) is 0 Å². The number of rotatable bonds is 3. The summed E-state index contributed by atoms with van der Waals surface area (Å²) >= 11 is 0. The number of carboxylic acid groups (broad SMARTS) is 3. The van der Waals surface area contributed by atoms with E-state index in [9.17, 15) is 24.6 Å². The van der Waals surface area contributed by atoms with Crippen LogP contribution in [-0.4, -0.2) is 56.6 Å². The second-order valence-electron chi connectivity index (χ2n) is 3.00. The summed E-state index contributed by atoms with van der Waals surface area (Å²) < 4.78 is 0. The Hall–Kier alpha value is -1.19. The predicted octanol–water partition coefficient (Wildman–Crippen LogP) is -4.32. The van der Waals surface area contributed by atoms with Crippen molar-refractivity contribution in [3.63, 3.8) is 0 Å². The summed E-state index contributed by atoms with van der Waals surface area (Å²) in [5.41, 5.74) is 0. The zero-order valence-corrected chi connectivity index (χ0v) is 11.3. The van der Waals surface area contributed by atoms with E-state index in [4.69, 9.17) is 20.4 Å². The molecule has 0 aromatic heterocycles. The SMILES string of the molecule is CC(O)C(=O)O.CC(O)C(=O)[O-].CC(O)C(=O)[O-].[Cu+2]. The molecule has 1 radical (unpaired) electrons. The number of carbonyl (C=O) groups is 3. The molecule has 0 heterocycles. The van der Waals surface area contributed by atoms with Gasteiger partial charge in [-0.25, -0.2) is 4.79 Å². The third-order valence-corrected chi connectivity index (χ3v) is 1.04. The van der Waals surface area contributed by atoms with Crippen molar-refractivity contribution in [3.05, 3.63) is 0 Å². The molecule has 0 fully saturated rings. The van der Waals surface area contributed by atoms with Gasteiger partial charge in [0.25, 0.3) is 0 Å². The van der Waals surface area contributed by atoms with Crippen LogP contribution in [0.3, 0.4) is 0 Å². The Morgan fingerprint density at radius 1 is 0.789 bits per heavy atom. The number of aliphatic carboxylic acids is 3. The second kappa shape index (κ2) is 14.9. The van der Waals surface area contributed by atoms with E-state index in [-0.39, 0.29) is 17.1 Å². The molecular formula is C9H16CuO9. The molecule has 0 rings (SSSR count). The van der Waals surface area contributed by atoms with Gasteiger partial charge in [-0.3, -0.25) is 0 Å². The van der Waals surface area contributed by atoms with E-state index in [2.05, 4.69) is 0 Å². The molecular weight excluding hydrogens is 316 g/mol. The maximum Gasteiger partial charge on any atom is 2.00 e. The fourth-order valence-electron chi connectivity index (χ4n) is 0. The van der Waals surface area contributed by atoms with Crippen LogP contribution in [0, 0.1) is 0 Å². The summed E-state index contributed by atoms with van der Waals surface area (Å²) in [5, 5.41) is 50.4. The fraction of sp³-hybridized carbons (Fsp3) is 0.667. The Kier molecular flexibility index (Phi) is 20.7. The summed E-state index contributed by atoms with van der Waals surface area (Å²) in [6.07, 6.45) is -3.92. The maximum absolute atomic E-state index is 9.45. The molecule has 0 aliphatic rings. The smallest absolute Gasteiger partial charge is 0.547 e. The van der Waals surface area contributed by atoms with E-state index in [0.717, 1.165) is 13.8 Å². The van der Waals surface area contributed by atoms with E-state index >= 15 is 0 Å². The van der Waals surface area contributed by atoms with Gasteiger partial charge in [-0.05, 0) is 20.8 Å². The van der Waals surface area contributed by atoms with Crippen LogP contribution < -0.4 is 10.2 Å². The largest absolute Gasteiger partial charge is 2.00 e. The van der Waals surface area contributed by atoms with Gasteiger partial charge >= 0.3 is 23.0 Å². The molecule has 0 bridgehead atoms. The fourth-order valence-corrected chi connectivity index (χ4v) is 0. The van der Waals surface area contributed by atoms with Gasteiger partial charge in [0.2, 0.25) is 0 Å². The Balaban J connectivity index is -0.0000000865. The number of carboxylic acids is 3. The third-order valence-electron chi connectivity index (χ3n) is 1.04. The average Bonchev–Trinajstić information content (AvgIpc) is 2.18. The first-order valence-electron chi connectivity index (χ1n) is 4.62. The Morgan fingerprint density at radius 2 is 0.895 bits per heavy atom. The van der Waals surface area contributed by atoms with Crippen LogP contribution in [0.5, 0.6) is 0 Å². The molecule has 3 unspecified atom stereocenters. The number of aliphatic hydroxyl groups is 3. The molecule has 0 aromatic rings. The van der Waals surface area contributed by atoms with Gasteiger partial charge in [-0.1, -0.05) is 0 Å². The van der Waals surface area contributed by atoms with Gasteiger partial charge in [0, 0.05) is 0 Å². The topological polar surface area (TPSA) is 178 Å². The van der Waals surface area contributed by atoms with E-state index in [1.54, 1.807) is 0 Å². The van der Waals surface area contributed by atoms with E-state index in [1.807, 2.05) is 0 Å². The molecule has 0 saturated heterocycles. The van der Waals surface area contributed by atoms with Crippen molar-refractivity contribution in [2.45, 2.75) is 39.1 Å². The average molecular weight is 332 g/mol. The minimum absolute atomic E-state index is 0. The molecule has 0 aromatic carbocycles. The molecule has 0 aliphatic heterocycles. The first-order chi connectivity index (χ1) is 7.93. The third kappa shape index (κ3) is 31.6. The zero-order valence-electron chi connectivity index (χ0n) is 10.4. The van der Waals surface area contributed by atoms with Crippen molar-refractivity contribution in [1.29, 1.82) is 0 Å². The van der Waals surface area contributed by atoms with E-state index in [0.29, 0.717) is 0 Å². The van der Waals surface area contributed by atoms with Crippen LogP contribution in [0.4, 0.5) is 0 Å². The molecule has 3 atom stereocenters. The standard InChI is InChI=1S/3C3H6O3.Cu/c3*1-2(4)3(5)6;/h3*2,4H,1H3,(H,5,6);/q;;;+2/p-2. The molecule has 117 valence electrons. The van der Waals surface area contributed by atoms with Crippen molar-refractivity contribution >= 4 is 17.9 Å². The van der Waals surface area contributed by atoms with Crippen LogP contribution in [0.2, 0.25) is 0 Å². The number of aliphatic hydroxyl groups excluding tert-OH is 3. The first-order valence-corrected chi connectivity index (χ1v) is 4.62. The number of hydrogen-bond acceptors (Lipinski definition) is 8. The molecule has 10 heteroatoms. The van der Waals surface area contributed by atoms with Gasteiger partial charge in [-0.15, -0.1) is 0 Å². The van der Waals surface area contributed by atoms with Gasteiger partial charge in [-0.2, -0.15) is 0 Å². The van der Waals surface area contributed by atoms with Crippen molar-refractivity contribution in [1.82, 2.24) is 0 Å². The molecule has 0 amide bonds.